The lowest BCUT2D eigenvalue weighted by molar-refractivity contribution is -0.116. The molecule has 33 heavy (non-hydrogen) atoms. The number of hydrogen-bond donors (Lipinski definition) is 1. The van der Waals surface area contributed by atoms with E-state index in [1.807, 2.05) is 55.3 Å². The zero-order valence-electron chi connectivity index (χ0n) is 18.4. The summed E-state index contributed by atoms with van der Waals surface area (Å²) >= 11 is 1.46. The maximum Gasteiger partial charge on any atom is 0.257 e. The Morgan fingerprint density at radius 2 is 1.97 bits per heavy atom. The van der Waals surface area contributed by atoms with Crippen LogP contribution in [0.25, 0.3) is 10.9 Å². The standard InChI is InChI=1S/C25H23N5O2S/c1-15-13-26-25(33-15)27-21(31)14-30-20-10-6-3-7-16(20)17-11-12-29-23(22(17)30)28(2)19-9-5-4-8-18(19)24(29)32/h3-10,13,23H,11-12,14H2,1-2H3,(H,26,27,31). The SMILES string of the molecule is Cc1cnc(NC(=O)Cn2c3c(c4ccccc42)CCN2C(=O)c4ccccc4N(C)C32)s1. The summed E-state index contributed by atoms with van der Waals surface area (Å²) < 4.78 is 2.08. The highest BCUT2D eigenvalue weighted by molar-refractivity contribution is 7.15. The molecule has 2 aromatic carbocycles. The van der Waals surface area contributed by atoms with Gasteiger partial charge >= 0.3 is 0 Å². The van der Waals surface area contributed by atoms with Crippen LogP contribution in [-0.4, -0.2) is 39.9 Å². The molecular weight excluding hydrogens is 434 g/mol. The zero-order valence-corrected chi connectivity index (χ0v) is 19.2. The molecule has 0 bridgehead atoms. The van der Waals surface area contributed by atoms with E-state index in [4.69, 9.17) is 0 Å². The lowest BCUT2D eigenvalue weighted by atomic mass is 9.96. The van der Waals surface area contributed by atoms with Gasteiger partial charge in [-0.05, 0) is 37.1 Å². The predicted molar refractivity (Wildman–Crippen MR) is 130 cm³/mol. The Hall–Kier alpha value is -3.65. The summed E-state index contributed by atoms with van der Waals surface area (Å²) in [7, 11) is 2.03. The Morgan fingerprint density at radius 1 is 1.18 bits per heavy atom. The van der Waals surface area contributed by atoms with Crippen molar-refractivity contribution in [2.45, 2.75) is 26.1 Å². The van der Waals surface area contributed by atoms with Crippen molar-refractivity contribution in [1.82, 2.24) is 14.5 Å². The maximum absolute atomic E-state index is 13.4. The molecule has 4 aromatic rings. The number of aryl methyl sites for hydroxylation is 1. The number of amides is 2. The summed E-state index contributed by atoms with van der Waals surface area (Å²) in [6.45, 7) is 2.77. The van der Waals surface area contributed by atoms with Crippen LogP contribution in [0.5, 0.6) is 0 Å². The van der Waals surface area contributed by atoms with Gasteiger partial charge in [0, 0.05) is 35.6 Å². The van der Waals surface area contributed by atoms with Gasteiger partial charge < -0.3 is 19.7 Å². The molecule has 2 aromatic heterocycles. The van der Waals surface area contributed by atoms with Gasteiger partial charge in [-0.2, -0.15) is 0 Å². The van der Waals surface area contributed by atoms with Gasteiger partial charge in [0.15, 0.2) is 5.13 Å². The van der Waals surface area contributed by atoms with Gasteiger partial charge in [0.25, 0.3) is 5.91 Å². The van der Waals surface area contributed by atoms with Gasteiger partial charge in [-0.1, -0.05) is 30.3 Å². The number of anilines is 2. The molecule has 2 aliphatic rings. The van der Waals surface area contributed by atoms with E-state index in [-0.39, 0.29) is 24.5 Å². The smallest absolute Gasteiger partial charge is 0.257 e. The summed E-state index contributed by atoms with van der Waals surface area (Å²) in [4.78, 5) is 35.9. The van der Waals surface area contributed by atoms with E-state index in [0.717, 1.165) is 39.1 Å². The minimum absolute atomic E-state index is 0.0406. The predicted octanol–water partition coefficient (Wildman–Crippen LogP) is 4.19. The van der Waals surface area contributed by atoms with Crippen LogP contribution in [0.4, 0.5) is 10.8 Å². The number of fused-ring (bicyclic) bond motifs is 6. The number of benzene rings is 2. The van der Waals surface area contributed by atoms with Gasteiger partial charge in [0.2, 0.25) is 5.91 Å². The lowest BCUT2D eigenvalue weighted by Crippen LogP contribution is -2.51. The minimum Gasteiger partial charge on any atom is -0.349 e. The summed E-state index contributed by atoms with van der Waals surface area (Å²) in [6.07, 6.45) is 2.25. The number of hydrogen-bond acceptors (Lipinski definition) is 5. The first-order valence-electron chi connectivity index (χ1n) is 11.0. The van der Waals surface area contributed by atoms with Gasteiger partial charge in [0.1, 0.15) is 12.7 Å². The Labute approximate surface area is 195 Å². The topological polar surface area (TPSA) is 70.5 Å². The molecule has 1 atom stereocenters. The Balaban J connectivity index is 1.47. The highest BCUT2D eigenvalue weighted by atomic mass is 32.1. The van der Waals surface area contributed by atoms with E-state index in [1.165, 1.54) is 16.9 Å². The first-order valence-corrected chi connectivity index (χ1v) is 11.8. The highest BCUT2D eigenvalue weighted by Crippen LogP contribution is 2.44. The monoisotopic (exact) mass is 457 g/mol. The van der Waals surface area contributed by atoms with E-state index < -0.39 is 0 Å². The number of aromatic nitrogens is 2. The van der Waals surface area contributed by atoms with Crippen molar-refractivity contribution in [3.8, 4) is 0 Å². The van der Waals surface area contributed by atoms with Gasteiger partial charge in [-0.25, -0.2) is 4.98 Å². The van der Waals surface area contributed by atoms with Crippen molar-refractivity contribution in [3.05, 3.63) is 76.4 Å². The Kier molecular flexibility index (Phi) is 4.51. The van der Waals surface area contributed by atoms with E-state index in [0.29, 0.717) is 11.7 Å². The fourth-order valence-corrected chi connectivity index (χ4v) is 5.87. The average molecular weight is 458 g/mol. The molecule has 6 rings (SSSR count). The van der Waals surface area contributed by atoms with Crippen molar-refractivity contribution in [1.29, 1.82) is 0 Å². The lowest BCUT2D eigenvalue weighted by Gasteiger charge is -2.46. The van der Waals surface area contributed by atoms with Crippen LogP contribution in [-0.2, 0) is 17.8 Å². The number of para-hydroxylation sites is 2. The van der Waals surface area contributed by atoms with Crippen molar-refractivity contribution in [2.24, 2.45) is 0 Å². The minimum atomic E-state index is -0.265. The molecule has 2 amide bonds. The highest BCUT2D eigenvalue weighted by Gasteiger charge is 2.42. The molecule has 0 fully saturated rings. The molecule has 0 spiro atoms. The average Bonchev–Trinajstić information content (AvgIpc) is 3.38. The molecule has 1 unspecified atom stereocenters. The number of rotatable bonds is 3. The molecule has 1 N–H and O–H groups in total. The van der Waals surface area contributed by atoms with Crippen LogP contribution in [0.15, 0.2) is 54.7 Å². The third kappa shape index (κ3) is 3.05. The first-order chi connectivity index (χ1) is 16.0. The largest absolute Gasteiger partial charge is 0.349 e. The summed E-state index contributed by atoms with van der Waals surface area (Å²) in [6, 6.07) is 15.9. The molecule has 7 nitrogen and oxygen atoms in total. The Bertz CT molecular complexity index is 1420. The van der Waals surface area contributed by atoms with Crippen molar-refractivity contribution in [2.75, 3.05) is 23.8 Å². The first kappa shape index (κ1) is 20.0. The van der Waals surface area contributed by atoms with Crippen LogP contribution in [0, 0.1) is 6.92 Å². The van der Waals surface area contributed by atoms with Crippen LogP contribution in [0.1, 0.15) is 32.7 Å². The molecule has 0 saturated carbocycles. The van der Waals surface area contributed by atoms with Crippen molar-refractivity contribution < 1.29 is 9.59 Å². The third-order valence-electron chi connectivity index (χ3n) is 6.57. The van der Waals surface area contributed by atoms with Crippen LogP contribution in [0.3, 0.4) is 0 Å². The third-order valence-corrected chi connectivity index (χ3v) is 7.40. The second kappa shape index (κ2) is 7.45. The molecule has 8 heteroatoms. The number of carbonyl (C=O) groups is 2. The van der Waals surface area contributed by atoms with Crippen LogP contribution in [0.2, 0.25) is 0 Å². The molecule has 0 radical (unpaired) electrons. The summed E-state index contributed by atoms with van der Waals surface area (Å²) in [5.41, 5.74) is 4.87. The number of thiazole rings is 1. The van der Waals surface area contributed by atoms with Gasteiger partial charge in [0.05, 0.1) is 16.9 Å². The fourth-order valence-electron chi connectivity index (χ4n) is 5.19. The summed E-state index contributed by atoms with van der Waals surface area (Å²) in [5, 5.41) is 4.68. The normalized spacial score (nSPS) is 17.0. The zero-order chi connectivity index (χ0) is 22.7. The van der Waals surface area contributed by atoms with E-state index >= 15 is 0 Å². The molecule has 166 valence electrons. The molecule has 2 aliphatic heterocycles. The van der Waals surface area contributed by atoms with E-state index in [2.05, 4.69) is 31.9 Å². The number of carbonyl (C=O) groups excluding carboxylic acids is 2. The number of nitrogens with one attached hydrogen (secondary N) is 1. The second-order valence-corrected chi connectivity index (χ2v) is 9.78. The number of nitrogens with zero attached hydrogens (tertiary/aromatic N) is 4. The quantitative estimate of drug-likeness (QED) is 0.501. The van der Waals surface area contributed by atoms with Crippen molar-refractivity contribution in [3.63, 3.8) is 0 Å². The molecule has 0 aliphatic carbocycles. The van der Waals surface area contributed by atoms with Crippen LogP contribution < -0.4 is 10.2 Å². The fraction of sp³-hybridized carbons (Fsp3) is 0.240. The molecular formula is C25H23N5O2S. The van der Waals surface area contributed by atoms with Gasteiger partial charge in [-0.3, -0.25) is 9.59 Å². The maximum atomic E-state index is 13.4. The van der Waals surface area contributed by atoms with E-state index in [1.54, 1.807) is 6.20 Å². The van der Waals surface area contributed by atoms with Crippen LogP contribution >= 0.6 is 11.3 Å². The molecule has 4 heterocycles. The van der Waals surface area contributed by atoms with Gasteiger partial charge in [-0.15, -0.1) is 11.3 Å². The second-order valence-electron chi connectivity index (χ2n) is 8.54. The summed E-state index contributed by atoms with van der Waals surface area (Å²) in [5.74, 6) is -0.0888. The van der Waals surface area contributed by atoms with E-state index in [9.17, 15) is 9.59 Å². The van der Waals surface area contributed by atoms with Crippen molar-refractivity contribution >= 4 is 44.9 Å². The Morgan fingerprint density at radius 3 is 2.79 bits per heavy atom. The molecule has 0 saturated heterocycles.